The number of aryl methyl sites for hydroxylation is 1. The summed E-state index contributed by atoms with van der Waals surface area (Å²) in [7, 11) is 0. The Morgan fingerprint density at radius 3 is 2.75 bits per heavy atom. The van der Waals surface area contributed by atoms with E-state index in [0.717, 1.165) is 56.0 Å². The van der Waals surface area contributed by atoms with Gasteiger partial charge in [0.1, 0.15) is 0 Å². The summed E-state index contributed by atoms with van der Waals surface area (Å²) >= 11 is 0. The van der Waals surface area contributed by atoms with Crippen molar-refractivity contribution in [3.63, 3.8) is 0 Å². The standard InChI is InChI=1S/C19H29N3O2/c1-4-22-13-19(8-6-17(22)23)7-5-9-21(12-19)11-16-15(3)18(24)14(2)10-20-16/h10H,4-9,11-13H2,1-3H3,(H,20,24)/t19-/m1/s1. The number of aromatic nitrogens is 1. The predicted octanol–water partition coefficient (Wildman–Crippen LogP) is 2.22. The average molecular weight is 331 g/mol. The number of likely N-dealkylation sites (tertiary alicyclic amines) is 2. The quantitative estimate of drug-likeness (QED) is 0.924. The summed E-state index contributed by atoms with van der Waals surface area (Å²) in [5.41, 5.74) is 3.03. The van der Waals surface area contributed by atoms with E-state index in [-0.39, 0.29) is 10.8 Å². The highest BCUT2D eigenvalue weighted by Crippen LogP contribution is 2.39. The summed E-state index contributed by atoms with van der Waals surface area (Å²) in [6, 6.07) is 0. The summed E-state index contributed by atoms with van der Waals surface area (Å²) < 4.78 is 0. The van der Waals surface area contributed by atoms with Crippen molar-refractivity contribution in [2.75, 3.05) is 26.2 Å². The number of nitrogens with zero attached hydrogens (tertiary/aromatic N) is 2. The van der Waals surface area contributed by atoms with Crippen LogP contribution in [0.5, 0.6) is 0 Å². The molecule has 1 atom stereocenters. The van der Waals surface area contributed by atoms with E-state index >= 15 is 0 Å². The number of carbonyl (C=O) groups excluding carboxylic acids is 1. The normalized spacial score (nSPS) is 25.5. The number of nitrogens with one attached hydrogen (secondary N) is 1. The van der Waals surface area contributed by atoms with Crippen LogP contribution in [0.25, 0.3) is 0 Å². The molecule has 2 aliphatic heterocycles. The number of piperidine rings is 2. The molecule has 1 aromatic rings. The van der Waals surface area contributed by atoms with Crippen molar-refractivity contribution in [2.45, 2.75) is 53.0 Å². The van der Waals surface area contributed by atoms with Gasteiger partial charge in [-0.3, -0.25) is 14.5 Å². The Hall–Kier alpha value is -1.62. The lowest BCUT2D eigenvalue weighted by Crippen LogP contribution is -2.53. The summed E-state index contributed by atoms with van der Waals surface area (Å²) in [5.74, 6) is 0.305. The number of carbonyl (C=O) groups is 1. The minimum atomic E-state index is 0.149. The van der Waals surface area contributed by atoms with Crippen molar-refractivity contribution in [1.29, 1.82) is 0 Å². The summed E-state index contributed by atoms with van der Waals surface area (Å²) in [5, 5.41) is 0. The van der Waals surface area contributed by atoms with Gasteiger partial charge in [0.2, 0.25) is 5.91 Å². The Morgan fingerprint density at radius 1 is 1.21 bits per heavy atom. The van der Waals surface area contributed by atoms with E-state index in [0.29, 0.717) is 12.3 Å². The van der Waals surface area contributed by atoms with Gasteiger partial charge in [-0.2, -0.15) is 0 Å². The van der Waals surface area contributed by atoms with Crippen LogP contribution in [-0.2, 0) is 11.3 Å². The van der Waals surface area contributed by atoms with Gasteiger partial charge in [-0.25, -0.2) is 0 Å². The van der Waals surface area contributed by atoms with Crippen LogP contribution < -0.4 is 5.43 Å². The lowest BCUT2D eigenvalue weighted by Gasteiger charge is -2.48. The third-order valence-electron chi connectivity index (χ3n) is 5.87. The molecule has 0 unspecified atom stereocenters. The maximum Gasteiger partial charge on any atom is 0.222 e. The molecule has 5 nitrogen and oxygen atoms in total. The van der Waals surface area contributed by atoms with Gasteiger partial charge in [-0.1, -0.05) is 0 Å². The number of H-pyrrole nitrogens is 1. The molecule has 0 bridgehead atoms. The molecule has 0 radical (unpaired) electrons. The second kappa shape index (κ2) is 6.71. The Kier molecular flexibility index (Phi) is 4.81. The first-order valence-corrected chi connectivity index (χ1v) is 9.12. The van der Waals surface area contributed by atoms with Gasteiger partial charge >= 0.3 is 0 Å². The highest BCUT2D eigenvalue weighted by atomic mass is 16.2. The fourth-order valence-corrected chi connectivity index (χ4v) is 4.36. The van der Waals surface area contributed by atoms with Crippen LogP contribution in [0.4, 0.5) is 0 Å². The van der Waals surface area contributed by atoms with Crippen LogP contribution in [0.3, 0.4) is 0 Å². The second-order valence-electron chi connectivity index (χ2n) is 7.63. The second-order valence-corrected chi connectivity index (χ2v) is 7.63. The maximum atomic E-state index is 12.2. The van der Waals surface area contributed by atoms with Gasteiger partial charge in [0.25, 0.3) is 0 Å². The number of hydrogen-bond acceptors (Lipinski definition) is 3. The molecule has 2 aliphatic rings. The molecule has 3 rings (SSSR count). The first kappa shape index (κ1) is 17.2. The van der Waals surface area contributed by atoms with Gasteiger partial charge in [-0.05, 0) is 46.6 Å². The zero-order valence-electron chi connectivity index (χ0n) is 15.2. The minimum absolute atomic E-state index is 0.149. The molecular formula is C19H29N3O2. The van der Waals surface area contributed by atoms with E-state index in [1.54, 1.807) is 0 Å². The zero-order chi connectivity index (χ0) is 17.3. The number of rotatable bonds is 3. The third-order valence-corrected chi connectivity index (χ3v) is 5.87. The van der Waals surface area contributed by atoms with Crippen molar-refractivity contribution in [2.24, 2.45) is 5.41 Å². The number of pyridine rings is 1. The smallest absolute Gasteiger partial charge is 0.222 e. The number of hydrogen-bond donors (Lipinski definition) is 1. The molecule has 1 amide bonds. The number of aromatic amines is 1. The van der Waals surface area contributed by atoms with E-state index in [1.165, 1.54) is 12.8 Å². The molecule has 1 spiro atoms. The van der Waals surface area contributed by atoms with Crippen LogP contribution in [0.2, 0.25) is 0 Å². The van der Waals surface area contributed by atoms with E-state index < -0.39 is 0 Å². The van der Waals surface area contributed by atoms with Crippen molar-refractivity contribution in [1.82, 2.24) is 14.8 Å². The SMILES string of the molecule is CCN1C[C@]2(CCCN(Cc3[nH]cc(C)c(=O)c3C)C2)CCC1=O. The molecule has 0 saturated carbocycles. The van der Waals surface area contributed by atoms with Gasteiger partial charge in [-0.15, -0.1) is 0 Å². The van der Waals surface area contributed by atoms with Crippen molar-refractivity contribution < 1.29 is 4.79 Å². The van der Waals surface area contributed by atoms with E-state index in [2.05, 4.69) is 16.8 Å². The van der Waals surface area contributed by atoms with Crippen LogP contribution in [-0.4, -0.2) is 46.9 Å². The molecule has 1 N–H and O–H groups in total. The largest absolute Gasteiger partial charge is 0.363 e. The Bertz CT molecular complexity index is 682. The Labute approximate surface area is 144 Å². The topological polar surface area (TPSA) is 56.4 Å². The first-order chi connectivity index (χ1) is 11.4. The van der Waals surface area contributed by atoms with Gasteiger partial charge in [0, 0.05) is 61.0 Å². The lowest BCUT2D eigenvalue weighted by molar-refractivity contribution is -0.139. The maximum absolute atomic E-state index is 12.2. The zero-order valence-corrected chi connectivity index (χ0v) is 15.2. The van der Waals surface area contributed by atoms with Gasteiger partial charge < -0.3 is 9.88 Å². The van der Waals surface area contributed by atoms with Gasteiger partial charge in [0.15, 0.2) is 5.43 Å². The van der Waals surface area contributed by atoms with Crippen molar-refractivity contribution in [3.05, 3.63) is 33.2 Å². The van der Waals surface area contributed by atoms with Crippen LogP contribution >= 0.6 is 0 Å². The average Bonchev–Trinajstić information content (AvgIpc) is 2.58. The molecule has 0 aliphatic carbocycles. The highest BCUT2D eigenvalue weighted by molar-refractivity contribution is 5.77. The Morgan fingerprint density at radius 2 is 2.00 bits per heavy atom. The third kappa shape index (κ3) is 3.27. The molecule has 5 heteroatoms. The summed E-state index contributed by atoms with van der Waals surface area (Å²) in [4.78, 5) is 32.0. The number of amides is 1. The van der Waals surface area contributed by atoms with Crippen molar-refractivity contribution >= 4 is 5.91 Å². The minimum Gasteiger partial charge on any atom is -0.363 e. The summed E-state index contributed by atoms with van der Waals surface area (Å²) in [6.45, 7) is 10.4. The highest BCUT2D eigenvalue weighted by Gasteiger charge is 2.41. The molecule has 3 heterocycles. The van der Waals surface area contributed by atoms with E-state index in [1.807, 2.05) is 24.9 Å². The van der Waals surface area contributed by atoms with E-state index in [4.69, 9.17) is 0 Å². The molecule has 132 valence electrons. The summed E-state index contributed by atoms with van der Waals surface area (Å²) in [6.07, 6.45) is 5.88. The van der Waals surface area contributed by atoms with Crippen LogP contribution in [0, 0.1) is 19.3 Å². The molecule has 2 fully saturated rings. The lowest BCUT2D eigenvalue weighted by atomic mass is 9.73. The molecule has 24 heavy (non-hydrogen) atoms. The van der Waals surface area contributed by atoms with Crippen LogP contribution in [0.15, 0.2) is 11.0 Å². The van der Waals surface area contributed by atoms with Gasteiger partial charge in [0.05, 0.1) is 0 Å². The molecule has 1 aromatic heterocycles. The van der Waals surface area contributed by atoms with Crippen LogP contribution in [0.1, 0.15) is 49.4 Å². The molecule has 2 saturated heterocycles. The Balaban J connectivity index is 1.73. The van der Waals surface area contributed by atoms with Crippen molar-refractivity contribution in [3.8, 4) is 0 Å². The molecular weight excluding hydrogens is 302 g/mol. The fraction of sp³-hybridized carbons (Fsp3) is 0.684. The monoisotopic (exact) mass is 331 g/mol. The fourth-order valence-electron chi connectivity index (χ4n) is 4.36. The molecule has 0 aromatic carbocycles. The predicted molar refractivity (Wildman–Crippen MR) is 95.0 cm³/mol. The first-order valence-electron chi connectivity index (χ1n) is 9.12. The van der Waals surface area contributed by atoms with E-state index in [9.17, 15) is 9.59 Å².